The lowest BCUT2D eigenvalue weighted by Gasteiger charge is -2.03. The third kappa shape index (κ3) is 7.85. The summed E-state index contributed by atoms with van der Waals surface area (Å²) in [6.07, 6.45) is 4.78. The molecule has 0 aliphatic carbocycles. The summed E-state index contributed by atoms with van der Waals surface area (Å²) in [6, 6.07) is 4.77. The predicted octanol–water partition coefficient (Wildman–Crippen LogP) is 2.28. The minimum absolute atomic E-state index is 0.0146. The Morgan fingerprint density at radius 1 is 1.22 bits per heavy atom. The Bertz CT molecular complexity index is 557. The van der Waals surface area contributed by atoms with Gasteiger partial charge in [0.15, 0.2) is 0 Å². The van der Waals surface area contributed by atoms with E-state index in [1.54, 1.807) is 12.1 Å². The number of carbonyl (C=O) groups excluding carboxylic acids is 1. The number of carboxylic acid groups (broad SMARTS) is 1. The fraction of sp³-hybridized carbons (Fsp3) is 0.438. The summed E-state index contributed by atoms with van der Waals surface area (Å²) in [5.74, 6) is -0.460. The van der Waals surface area contributed by atoms with Crippen LogP contribution in [-0.2, 0) is 9.59 Å². The highest BCUT2D eigenvalue weighted by Crippen LogP contribution is 2.21. The Hall–Kier alpha value is -2.57. The van der Waals surface area contributed by atoms with Gasteiger partial charge in [-0.15, -0.1) is 0 Å². The first-order chi connectivity index (χ1) is 11.0. The van der Waals surface area contributed by atoms with Crippen LogP contribution in [0, 0.1) is 0 Å². The van der Waals surface area contributed by atoms with Gasteiger partial charge in [-0.1, -0.05) is 12.8 Å². The molecule has 0 radical (unpaired) electrons. The van der Waals surface area contributed by atoms with Crippen molar-refractivity contribution in [2.75, 3.05) is 7.11 Å². The van der Waals surface area contributed by atoms with Crippen LogP contribution in [0.25, 0.3) is 0 Å². The fourth-order valence-corrected chi connectivity index (χ4v) is 1.90. The third-order valence-electron chi connectivity index (χ3n) is 3.17. The van der Waals surface area contributed by atoms with Gasteiger partial charge in [0, 0.05) is 24.5 Å². The number of hydrazone groups is 1. The molecular formula is C16H22N2O5. The van der Waals surface area contributed by atoms with E-state index in [1.165, 1.54) is 19.4 Å². The van der Waals surface area contributed by atoms with Gasteiger partial charge < -0.3 is 14.9 Å². The first kappa shape index (κ1) is 18.5. The number of hydrogen-bond acceptors (Lipinski definition) is 5. The molecule has 0 aliphatic heterocycles. The zero-order chi connectivity index (χ0) is 17.1. The number of carbonyl (C=O) groups is 2. The topological polar surface area (TPSA) is 108 Å². The Labute approximate surface area is 135 Å². The molecule has 1 aromatic carbocycles. The highest BCUT2D eigenvalue weighted by molar-refractivity contribution is 5.85. The van der Waals surface area contributed by atoms with Crippen molar-refractivity contribution in [3.8, 4) is 11.5 Å². The van der Waals surface area contributed by atoms with Gasteiger partial charge >= 0.3 is 5.97 Å². The Kier molecular flexibility index (Phi) is 8.20. The van der Waals surface area contributed by atoms with Crippen molar-refractivity contribution in [2.24, 2.45) is 5.10 Å². The molecule has 0 spiro atoms. The molecule has 0 unspecified atom stereocenters. The summed E-state index contributed by atoms with van der Waals surface area (Å²) >= 11 is 0. The highest BCUT2D eigenvalue weighted by atomic mass is 16.5. The van der Waals surface area contributed by atoms with Crippen LogP contribution in [0.5, 0.6) is 11.5 Å². The molecule has 1 rings (SSSR count). The molecule has 7 nitrogen and oxygen atoms in total. The zero-order valence-corrected chi connectivity index (χ0v) is 13.1. The van der Waals surface area contributed by atoms with Crippen molar-refractivity contribution in [3.63, 3.8) is 0 Å². The maximum atomic E-state index is 11.6. The molecule has 126 valence electrons. The maximum Gasteiger partial charge on any atom is 0.303 e. The molecule has 0 atom stereocenters. The lowest BCUT2D eigenvalue weighted by atomic mass is 10.1. The number of ether oxygens (including phenoxy) is 1. The van der Waals surface area contributed by atoms with Crippen LogP contribution in [-0.4, -0.2) is 35.4 Å². The van der Waals surface area contributed by atoms with E-state index in [2.05, 4.69) is 10.5 Å². The smallest absolute Gasteiger partial charge is 0.303 e. The molecule has 0 fully saturated rings. The summed E-state index contributed by atoms with van der Waals surface area (Å²) in [5.41, 5.74) is 2.86. The average molecular weight is 322 g/mol. The van der Waals surface area contributed by atoms with Crippen molar-refractivity contribution in [2.45, 2.75) is 38.5 Å². The number of nitrogens with zero attached hydrogens (tertiary/aromatic N) is 1. The second kappa shape index (κ2) is 10.2. The molecule has 3 N–H and O–H groups in total. The van der Waals surface area contributed by atoms with Crippen molar-refractivity contribution >= 4 is 18.1 Å². The van der Waals surface area contributed by atoms with E-state index in [1.807, 2.05) is 0 Å². The number of benzene rings is 1. The SMILES string of the molecule is COc1ccc(/C=N/NC(=O)CCCCCCC(=O)O)c(O)c1. The van der Waals surface area contributed by atoms with Gasteiger partial charge in [0.25, 0.3) is 0 Å². The Morgan fingerprint density at radius 2 is 1.91 bits per heavy atom. The van der Waals surface area contributed by atoms with Crippen LogP contribution < -0.4 is 10.2 Å². The first-order valence-electron chi connectivity index (χ1n) is 7.43. The quantitative estimate of drug-likeness (QED) is 0.348. The maximum absolute atomic E-state index is 11.6. The predicted molar refractivity (Wildman–Crippen MR) is 85.7 cm³/mol. The normalized spacial score (nSPS) is 10.7. The number of aliphatic carboxylic acids is 1. The van der Waals surface area contributed by atoms with E-state index in [0.717, 1.165) is 12.8 Å². The van der Waals surface area contributed by atoms with Gasteiger partial charge in [-0.25, -0.2) is 5.43 Å². The summed E-state index contributed by atoms with van der Waals surface area (Å²) in [5, 5.41) is 22.0. The van der Waals surface area contributed by atoms with Gasteiger partial charge in [-0.2, -0.15) is 5.10 Å². The van der Waals surface area contributed by atoms with Crippen LogP contribution >= 0.6 is 0 Å². The summed E-state index contributed by atoms with van der Waals surface area (Å²) in [7, 11) is 1.50. The van der Waals surface area contributed by atoms with Gasteiger partial charge in [-0.3, -0.25) is 9.59 Å². The molecule has 0 aromatic heterocycles. The monoisotopic (exact) mass is 322 g/mol. The largest absolute Gasteiger partial charge is 0.507 e. The van der Waals surface area contributed by atoms with E-state index in [0.29, 0.717) is 30.6 Å². The van der Waals surface area contributed by atoms with Crippen molar-refractivity contribution in [3.05, 3.63) is 23.8 Å². The molecule has 0 aliphatic rings. The first-order valence-corrected chi connectivity index (χ1v) is 7.43. The lowest BCUT2D eigenvalue weighted by molar-refractivity contribution is -0.137. The molecule has 7 heteroatoms. The van der Waals surface area contributed by atoms with E-state index in [9.17, 15) is 14.7 Å². The number of nitrogens with one attached hydrogen (secondary N) is 1. The average Bonchev–Trinajstić information content (AvgIpc) is 2.52. The van der Waals surface area contributed by atoms with Crippen molar-refractivity contribution < 1.29 is 24.5 Å². The van der Waals surface area contributed by atoms with Crippen molar-refractivity contribution in [1.29, 1.82) is 0 Å². The van der Waals surface area contributed by atoms with Crippen LogP contribution in [0.15, 0.2) is 23.3 Å². The highest BCUT2D eigenvalue weighted by Gasteiger charge is 2.02. The van der Waals surface area contributed by atoms with Gasteiger partial charge in [0.1, 0.15) is 11.5 Å². The van der Waals surface area contributed by atoms with Crippen molar-refractivity contribution in [1.82, 2.24) is 5.43 Å². The van der Waals surface area contributed by atoms with Crippen LogP contribution in [0.3, 0.4) is 0 Å². The second-order valence-corrected chi connectivity index (χ2v) is 5.03. The van der Waals surface area contributed by atoms with Crippen LogP contribution in [0.2, 0.25) is 0 Å². The number of carboxylic acids is 1. The Morgan fingerprint density at radius 3 is 2.52 bits per heavy atom. The number of rotatable bonds is 10. The minimum atomic E-state index is -0.793. The van der Waals surface area contributed by atoms with E-state index in [-0.39, 0.29) is 18.1 Å². The number of amides is 1. The summed E-state index contributed by atoms with van der Waals surface area (Å²) in [6.45, 7) is 0. The molecular weight excluding hydrogens is 300 g/mol. The number of unbranched alkanes of at least 4 members (excludes halogenated alkanes) is 3. The zero-order valence-electron chi connectivity index (χ0n) is 13.1. The standard InChI is InChI=1S/C16H22N2O5/c1-23-13-9-8-12(14(19)10-13)11-17-18-15(20)6-4-2-3-5-7-16(21)22/h8-11,19H,2-7H2,1H3,(H,18,20)(H,21,22)/b17-11+. The molecule has 0 bridgehead atoms. The molecule has 1 amide bonds. The molecule has 23 heavy (non-hydrogen) atoms. The Balaban J connectivity index is 2.24. The molecule has 0 saturated carbocycles. The molecule has 0 saturated heterocycles. The number of methoxy groups -OCH3 is 1. The summed E-state index contributed by atoms with van der Waals surface area (Å²) < 4.78 is 4.97. The number of aromatic hydroxyl groups is 1. The second-order valence-electron chi connectivity index (χ2n) is 5.03. The number of phenolic OH excluding ortho intramolecular Hbond substituents is 1. The lowest BCUT2D eigenvalue weighted by Crippen LogP contribution is -2.16. The van der Waals surface area contributed by atoms with E-state index >= 15 is 0 Å². The van der Waals surface area contributed by atoms with Gasteiger partial charge in [-0.05, 0) is 25.0 Å². The van der Waals surface area contributed by atoms with E-state index in [4.69, 9.17) is 9.84 Å². The third-order valence-corrected chi connectivity index (χ3v) is 3.17. The number of phenols is 1. The number of hydrogen-bond donors (Lipinski definition) is 3. The molecule has 1 aromatic rings. The summed E-state index contributed by atoms with van der Waals surface area (Å²) in [4.78, 5) is 21.9. The van der Waals surface area contributed by atoms with Crippen LogP contribution in [0.4, 0.5) is 0 Å². The minimum Gasteiger partial charge on any atom is -0.507 e. The van der Waals surface area contributed by atoms with E-state index < -0.39 is 5.97 Å². The fourth-order valence-electron chi connectivity index (χ4n) is 1.90. The molecule has 0 heterocycles. The van der Waals surface area contributed by atoms with Gasteiger partial charge in [0.05, 0.1) is 13.3 Å². The van der Waals surface area contributed by atoms with Gasteiger partial charge in [0.2, 0.25) is 5.91 Å². The van der Waals surface area contributed by atoms with Crippen LogP contribution in [0.1, 0.15) is 44.1 Å².